The van der Waals surface area contributed by atoms with Crippen molar-refractivity contribution in [2.75, 3.05) is 45.8 Å². The second-order valence-corrected chi connectivity index (χ2v) is 6.44. The third-order valence-corrected chi connectivity index (χ3v) is 4.22. The first kappa shape index (κ1) is 18.4. The Balaban J connectivity index is 0.00000220. The van der Waals surface area contributed by atoms with Crippen molar-refractivity contribution in [3.05, 3.63) is 11.1 Å². The first-order chi connectivity index (χ1) is 9.52. The van der Waals surface area contributed by atoms with Crippen LogP contribution < -0.4 is 15.5 Å². The zero-order chi connectivity index (χ0) is 14.6. The third kappa shape index (κ3) is 5.26. The molecule has 0 bridgehead atoms. The van der Waals surface area contributed by atoms with Crippen LogP contribution in [-0.4, -0.2) is 51.8 Å². The Kier molecular flexibility index (Phi) is 7.14. The van der Waals surface area contributed by atoms with E-state index in [1.807, 2.05) is 19.0 Å². The smallest absolute Gasteiger partial charge is 0.191 e. The summed E-state index contributed by atoms with van der Waals surface area (Å²) in [6.45, 7) is 5.38. The van der Waals surface area contributed by atoms with Gasteiger partial charge in [-0.3, -0.25) is 4.99 Å². The molecule has 1 aromatic heterocycles. The minimum Gasteiger partial charge on any atom is -0.380 e. The molecule has 0 saturated carbocycles. The summed E-state index contributed by atoms with van der Waals surface area (Å²) < 4.78 is 5.24. The van der Waals surface area contributed by atoms with Gasteiger partial charge in [0, 0.05) is 38.5 Å². The van der Waals surface area contributed by atoms with Crippen LogP contribution in [0.5, 0.6) is 0 Å². The van der Waals surface area contributed by atoms with Gasteiger partial charge in [-0.15, -0.1) is 35.3 Å². The number of hydrogen-bond acceptors (Lipinski definition) is 5. The van der Waals surface area contributed by atoms with Gasteiger partial charge in [-0.05, 0) is 0 Å². The molecule has 2 heterocycles. The molecular weight excluding hydrogens is 401 g/mol. The average molecular weight is 425 g/mol. The van der Waals surface area contributed by atoms with Gasteiger partial charge in [-0.25, -0.2) is 4.98 Å². The predicted molar refractivity (Wildman–Crippen MR) is 99.0 cm³/mol. The Morgan fingerprint density at radius 2 is 2.19 bits per heavy atom. The van der Waals surface area contributed by atoms with Crippen molar-refractivity contribution in [3.8, 4) is 0 Å². The minimum absolute atomic E-state index is 0. The molecule has 0 aromatic carbocycles. The summed E-state index contributed by atoms with van der Waals surface area (Å²) in [6.07, 6.45) is 0. The van der Waals surface area contributed by atoms with E-state index in [2.05, 4.69) is 32.9 Å². The largest absolute Gasteiger partial charge is 0.380 e. The number of anilines is 1. The van der Waals surface area contributed by atoms with Crippen molar-refractivity contribution in [1.82, 2.24) is 15.6 Å². The standard InChI is InChI=1S/C13H23N5OS.HI/c1-13(8-19-9-13)7-16-11(14-2)15-5-10-6-20-12(17-10)18(3)4;/h6H,5,7-9H2,1-4H3,(H2,14,15,16);1H. The quantitative estimate of drug-likeness (QED) is 0.426. The van der Waals surface area contributed by atoms with Crippen LogP contribution in [0.25, 0.3) is 0 Å². The van der Waals surface area contributed by atoms with Gasteiger partial charge in [-0.1, -0.05) is 6.92 Å². The van der Waals surface area contributed by atoms with Crippen molar-refractivity contribution in [2.45, 2.75) is 13.5 Å². The summed E-state index contributed by atoms with van der Waals surface area (Å²) in [4.78, 5) is 10.8. The van der Waals surface area contributed by atoms with E-state index in [4.69, 9.17) is 4.74 Å². The Labute approximate surface area is 147 Å². The lowest BCUT2D eigenvalue weighted by Crippen LogP contribution is -2.50. The molecule has 0 atom stereocenters. The van der Waals surface area contributed by atoms with Gasteiger partial charge in [0.15, 0.2) is 11.1 Å². The zero-order valence-electron chi connectivity index (χ0n) is 13.0. The molecule has 1 fully saturated rings. The van der Waals surface area contributed by atoms with Crippen LogP contribution in [-0.2, 0) is 11.3 Å². The summed E-state index contributed by atoms with van der Waals surface area (Å²) in [7, 11) is 5.77. The van der Waals surface area contributed by atoms with Crippen LogP contribution in [0.2, 0.25) is 0 Å². The molecule has 0 amide bonds. The number of aliphatic imine (C=N–C) groups is 1. The van der Waals surface area contributed by atoms with Crippen LogP contribution in [0.1, 0.15) is 12.6 Å². The highest BCUT2D eigenvalue weighted by molar-refractivity contribution is 14.0. The second-order valence-electron chi connectivity index (χ2n) is 5.60. The first-order valence-corrected chi connectivity index (χ1v) is 7.54. The Hall–Kier alpha value is -0.610. The number of nitrogens with zero attached hydrogens (tertiary/aromatic N) is 3. The zero-order valence-corrected chi connectivity index (χ0v) is 16.1. The van der Waals surface area contributed by atoms with E-state index >= 15 is 0 Å². The van der Waals surface area contributed by atoms with Crippen molar-refractivity contribution >= 4 is 46.4 Å². The maximum atomic E-state index is 5.24. The van der Waals surface area contributed by atoms with E-state index in [0.717, 1.165) is 36.5 Å². The summed E-state index contributed by atoms with van der Waals surface area (Å²) >= 11 is 1.65. The number of hydrogen-bond donors (Lipinski definition) is 2. The molecule has 120 valence electrons. The molecule has 0 spiro atoms. The lowest BCUT2D eigenvalue weighted by molar-refractivity contribution is -0.0971. The molecule has 0 aliphatic carbocycles. The molecule has 8 heteroatoms. The number of ether oxygens (including phenoxy) is 1. The fraction of sp³-hybridized carbons (Fsp3) is 0.692. The molecule has 6 nitrogen and oxygen atoms in total. The summed E-state index contributed by atoms with van der Waals surface area (Å²) in [6, 6.07) is 0. The Morgan fingerprint density at radius 1 is 1.48 bits per heavy atom. The molecule has 2 N–H and O–H groups in total. The van der Waals surface area contributed by atoms with E-state index in [1.54, 1.807) is 18.4 Å². The molecular formula is C13H24IN5OS. The van der Waals surface area contributed by atoms with E-state index in [1.165, 1.54) is 0 Å². The molecule has 1 saturated heterocycles. The molecule has 1 aliphatic rings. The number of halogens is 1. The third-order valence-electron chi connectivity index (χ3n) is 3.17. The van der Waals surface area contributed by atoms with E-state index in [0.29, 0.717) is 6.54 Å². The van der Waals surface area contributed by atoms with E-state index < -0.39 is 0 Å². The topological polar surface area (TPSA) is 61.8 Å². The fourth-order valence-electron chi connectivity index (χ4n) is 1.83. The lowest BCUT2D eigenvalue weighted by Gasteiger charge is -2.38. The Bertz CT molecular complexity index is 473. The van der Waals surface area contributed by atoms with Crippen LogP contribution >= 0.6 is 35.3 Å². The van der Waals surface area contributed by atoms with Gasteiger partial charge < -0.3 is 20.3 Å². The second kappa shape index (κ2) is 8.14. The molecule has 2 rings (SSSR count). The van der Waals surface area contributed by atoms with Crippen molar-refractivity contribution < 1.29 is 4.74 Å². The molecule has 1 aliphatic heterocycles. The highest BCUT2D eigenvalue weighted by atomic mass is 127. The van der Waals surface area contributed by atoms with Gasteiger partial charge >= 0.3 is 0 Å². The van der Waals surface area contributed by atoms with E-state index in [-0.39, 0.29) is 29.4 Å². The normalized spacial score (nSPS) is 16.7. The first-order valence-electron chi connectivity index (χ1n) is 6.66. The van der Waals surface area contributed by atoms with Crippen LogP contribution in [0.4, 0.5) is 5.13 Å². The molecule has 0 radical (unpaired) electrons. The van der Waals surface area contributed by atoms with Gasteiger partial charge in [-0.2, -0.15) is 0 Å². The van der Waals surface area contributed by atoms with Gasteiger partial charge in [0.05, 0.1) is 25.5 Å². The van der Waals surface area contributed by atoms with Gasteiger partial charge in [0.1, 0.15) is 0 Å². The monoisotopic (exact) mass is 425 g/mol. The van der Waals surface area contributed by atoms with Crippen LogP contribution in [0, 0.1) is 5.41 Å². The highest BCUT2D eigenvalue weighted by Gasteiger charge is 2.33. The van der Waals surface area contributed by atoms with Crippen molar-refractivity contribution in [2.24, 2.45) is 10.4 Å². The van der Waals surface area contributed by atoms with Gasteiger partial charge in [0.2, 0.25) is 0 Å². The fourth-order valence-corrected chi connectivity index (χ4v) is 2.59. The van der Waals surface area contributed by atoms with Crippen molar-refractivity contribution in [1.29, 1.82) is 0 Å². The van der Waals surface area contributed by atoms with Crippen LogP contribution in [0.3, 0.4) is 0 Å². The number of rotatable bonds is 5. The minimum atomic E-state index is 0. The number of aromatic nitrogens is 1. The highest BCUT2D eigenvalue weighted by Crippen LogP contribution is 2.24. The van der Waals surface area contributed by atoms with Crippen LogP contribution in [0.15, 0.2) is 10.4 Å². The molecule has 0 unspecified atom stereocenters. The summed E-state index contributed by atoms with van der Waals surface area (Å²) in [5, 5.41) is 9.70. The molecule has 21 heavy (non-hydrogen) atoms. The number of guanidine groups is 1. The number of nitrogens with one attached hydrogen (secondary N) is 2. The summed E-state index contributed by atoms with van der Waals surface area (Å²) in [5.74, 6) is 0.803. The lowest BCUT2D eigenvalue weighted by atomic mass is 9.89. The maximum Gasteiger partial charge on any atom is 0.191 e. The average Bonchev–Trinajstić information content (AvgIpc) is 2.86. The van der Waals surface area contributed by atoms with Crippen molar-refractivity contribution in [3.63, 3.8) is 0 Å². The summed E-state index contributed by atoms with van der Waals surface area (Å²) in [5.41, 5.74) is 1.26. The van der Waals surface area contributed by atoms with E-state index in [9.17, 15) is 0 Å². The Morgan fingerprint density at radius 3 is 2.67 bits per heavy atom. The predicted octanol–water partition coefficient (Wildman–Crippen LogP) is 1.53. The number of thiazole rings is 1. The molecule has 1 aromatic rings. The maximum absolute atomic E-state index is 5.24. The SMILES string of the molecule is CN=C(NCc1csc(N(C)C)n1)NCC1(C)COC1.I. The van der Waals surface area contributed by atoms with Gasteiger partial charge in [0.25, 0.3) is 0 Å².